The third-order valence-corrected chi connectivity index (χ3v) is 5.18. The predicted molar refractivity (Wildman–Crippen MR) is 119 cm³/mol. The molecule has 2 aromatic rings. The molecule has 0 spiro atoms. The Balaban J connectivity index is 1.94. The van der Waals surface area contributed by atoms with Crippen LogP contribution < -0.4 is 10.6 Å². The normalized spacial score (nSPS) is 13.2. The van der Waals surface area contributed by atoms with Gasteiger partial charge in [-0.25, -0.2) is 0 Å². The van der Waals surface area contributed by atoms with Gasteiger partial charge < -0.3 is 15.2 Å². The average Bonchev–Trinajstić information content (AvgIpc) is 3.19. The first-order valence-electron chi connectivity index (χ1n) is 10.3. The molecule has 1 aromatic heterocycles. The summed E-state index contributed by atoms with van der Waals surface area (Å²) >= 11 is 6.48. The van der Waals surface area contributed by atoms with Crippen LogP contribution in [-0.2, 0) is 6.42 Å². The van der Waals surface area contributed by atoms with Gasteiger partial charge in [-0.1, -0.05) is 62.7 Å². The van der Waals surface area contributed by atoms with Crippen molar-refractivity contribution in [1.29, 1.82) is 0 Å². The minimum Gasteiger partial charge on any atom is -0.356 e. The van der Waals surface area contributed by atoms with Crippen molar-refractivity contribution in [2.45, 2.75) is 46.1 Å². The van der Waals surface area contributed by atoms with Crippen LogP contribution in [0.4, 0.5) is 0 Å². The van der Waals surface area contributed by atoms with E-state index in [1.54, 1.807) is 7.05 Å². The molecule has 0 radical (unpaired) electrons. The van der Waals surface area contributed by atoms with Crippen molar-refractivity contribution in [3.63, 3.8) is 0 Å². The standard InChI is InChI=1S/C21H33ClN6O/c1-6-28(7-2)18(16-10-8-9-11-17(16)22)14-25-21(23-5)24-13-12-19-26-20(15(3)4)27-29-19/h8-11,15,18H,6-7,12-14H2,1-5H3,(H2,23,24,25). The van der Waals surface area contributed by atoms with Gasteiger partial charge in [-0.15, -0.1) is 0 Å². The number of aliphatic imine (C=N–C) groups is 1. The number of hydrogen-bond acceptors (Lipinski definition) is 5. The molecule has 7 nitrogen and oxygen atoms in total. The van der Waals surface area contributed by atoms with E-state index >= 15 is 0 Å². The van der Waals surface area contributed by atoms with Crippen LogP contribution in [0.15, 0.2) is 33.8 Å². The van der Waals surface area contributed by atoms with Crippen molar-refractivity contribution >= 4 is 17.6 Å². The highest BCUT2D eigenvalue weighted by atomic mass is 35.5. The molecule has 1 aromatic carbocycles. The van der Waals surface area contributed by atoms with Gasteiger partial charge in [0.2, 0.25) is 5.89 Å². The summed E-state index contributed by atoms with van der Waals surface area (Å²) in [5.41, 5.74) is 1.12. The number of nitrogens with one attached hydrogen (secondary N) is 2. The van der Waals surface area contributed by atoms with Crippen LogP contribution in [-0.4, -0.2) is 54.2 Å². The highest BCUT2D eigenvalue weighted by molar-refractivity contribution is 6.31. The fourth-order valence-corrected chi connectivity index (χ4v) is 3.41. The molecule has 0 fully saturated rings. The molecule has 0 aliphatic carbocycles. The van der Waals surface area contributed by atoms with Gasteiger partial charge in [0.1, 0.15) is 0 Å². The monoisotopic (exact) mass is 420 g/mol. The first-order valence-corrected chi connectivity index (χ1v) is 10.6. The van der Waals surface area contributed by atoms with E-state index in [9.17, 15) is 0 Å². The van der Waals surface area contributed by atoms with Crippen molar-refractivity contribution in [3.05, 3.63) is 46.6 Å². The van der Waals surface area contributed by atoms with E-state index < -0.39 is 0 Å². The van der Waals surface area contributed by atoms with E-state index in [0.29, 0.717) is 25.4 Å². The summed E-state index contributed by atoms with van der Waals surface area (Å²) in [6.45, 7) is 11.6. The second kappa shape index (κ2) is 11.8. The number of hydrogen-bond donors (Lipinski definition) is 2. The molecule has 0 bridgehead atoms. The Hall–Kier alpha value is -2.12. The quantitative estimate of drug-likeness (QED) is 0.451. The lowest BCUT2D eigenvalue weighted by Crippen LogP contribution is -2.43. The zero-order valence-corrected chi connectivity index (χ0v) is 18.8. The maximum absolute atomic E-state index is 6.48. The Labute approximate surface area is 178 Å². The molecule has 0 amide bonds. The Kier molecular flexibility index (Phi) is 9.41. The molecule has 1 atom stereocenters. The number of halogens is 1. The lowest BCUT2D eigenvalue weighted by Gasteiger charge is -2.31. The van der Waals surface area contributed by atoms with Gasteiger partial charge in [0.05, 0.1) is 6.04 Å². The second-order valence-electron chi connectivity index (χ2n) is 7.09. The van der Waals surface area contributed by atoms with Crippen LogP contribution in [0.1, 0.15) is 56.9 Å². The van der Waals surface area contributed by atoms with E-state index in [1.807, 2.05) is 32.0 Å². The molecular weight excluding hydrogens is 388 g/mol. The summed E-state index contributed by atoms with van der Waals surface area (Å²) in [5.74, 6) is 2.37. The highest BCUT2D eigenvalue weighted by Gasteiger charge is 2.20. The summed E-state index contributed by atoms with van der Waals surface area (Å²) in [7, 11) is 1.76. The maximum Gasteiger partial charge on any atom is 0.228 e. The van der Waals surface area contributed by atoms with E-state index in [4.69, 9.17) is 16.1 Å². The van der Waals surface area contributed by atoms with Gasteiger partial charge in [0, 0.05) is 37.5 Å². The largest absolute Gasteiger partial charge is 0.356 e. The van der Waals surface area contributed by atoms with Crippen molar-refractivity contribution in [3.8, 4) is 0 Å². The maximum atomic E-state index is 6.48. The number of likely N-dealkylation sites (N-methyl/N-ethyl adjacent to an activating group) is 1. The van der Waals surface area contributed by atoms with Crippen LogP contribution in [0.25, 0.3) is 0 Å². The van der Waals surface area contributed by atoms with Crippen molar-refractivity contribution in [1.82, 2.24) is 25.7 Å². The minimum atomic E-state index is 0.154. The minimum absolute atomic E-state index is 0.154. The zero-order valence-electron chi connectivity index (χ0n) is 18.1. The summed E-state index contributed by atoms with van der Waals surface area (Å²) in [6.07, 6.45) is 0.643. The van der Waals surface area contributed by atoms with Gasteiger partial charge in [-0.3, -0.25) is 9.89 Å². The highest BCUT2D eigenvalue weighted by Crippen LogP contribution is 2.26. The molecule has 2 rings (SSSR count). The average molecular weight is 421 g/mol. The molecule has 160 valence electrons. The van der Waals surface area contributed by atoms with E-state index in [0.717, 1.165) is 35.5 Å². The molecule has 1 unspecified atom stereocenters. The molecule has 29 heavy (non-hydrogen) atoms. The summed E-state index contributed by atoms with van der Waals surface area (Å²) in [4.78, 5) is 11.1. The lowest BCUT2D eigenvalue weighted by molar-refractivity contribution is 0.219. The molecule has 2 N–H and O–H groups in total. The summed E-state index contributed by atoms with van der Waals surface area (Å²) in [6, 6.07) is 8.17. The zero-order chi connectivity index (χ0) is 21.2. The molecule has 8 heteroatoms. The molecule has 0 saturated carbocycles. The van der Waals surface area contributed by atoms with Crippen LogP contribution in [0, 0.1) is 0 Å². The smallest absolute Gasteiger partial charge is 0.228 e. The molecule has 0 saturated heterocycles. The number of benzene rings is 1. The summed E-state index contributed by atoms with van der Waals surface area (Å²) in [5, 5.41) is 11.5. The van der Waals surface area contributed by atoms with E-state index in [-0.39, 0.29) is 12.0 Å². The van der Waals surface area contributed by atoms with Crippen molar-refractivity contribution < 1.29 is 4.52 Å². The molecule has 1 heterocycles. The number of guanidine groups is 1. The van der Waals surface area contributed by atoms with Gasteiger partial charge in [-0.2, -0.15) is 4.98 Å². The Morgan fingerprint density at radius 2 is 1.93 bits per heavy atom. The van der Waals surface area contributed by atoms with Gasteiger partial charge >= 0.3 is 0 Å². The number of nitrogens with zero attached hydrogens (tertiary/aromatic N) is 4. The Morgan fingerprint density at radius 1 is 1.21 bits per heavy atom. The van der Waals surface area contributed by atoms with Crippen LogP contribution >= 0.6 is 11.6 Å². The third-order valence-electron chi connectivity index (χ3n) is 4.84. The van der Waals surface area contributed by atoms with Crippen LogP contribution in [0.5, 0.6) is 0 Å². The molecular formula is C21H33ClN6O. The first kappa shape index (κ1) is 23.2. The Morgan fingerprint density at radius 3 is 2.52 bits per heavy atom. The number of aromatic nitrogens is 2. The molecule has 0 aliphatic heterocycles. The third kappa shape index (κ3) is 6.72. The fourth-order valence-electron chi connectivity index (χ4n) is 3.15. The number of rotatable bonds is 10. The SMILES string of the molecule is CCN(CC)C(CNC(=NC)NCCc1nc(C(C)C)no1)c1ccccc1Cl. The lowest BCUT2D eigenvalue weighted by atomic mass is 10.0. The topological polar surface area (TPSA) is 78.6 Å². The first-order chi connectivity index (χ1) is 14.0. The fraction of sp³-hybridized carbons (Fsp3) is 0.571. The van der Waals surface area contributed by atoms with Crippen molar-refractivity contribution in [2.75, 3.05) is 33.2 Å². The summed E-state index contributed by atoms with van der Waals surface area (Å²) < 4.78 is 5.29. The van der Waals surface area contributed by atoms with E-state index in [2.05, 4.69) is 50.6 Å². The van der Waals surface area contributed by atoms with Gasteiger partial charge in [0.25, 0.3) is 0 Å². The van der Waals surface area contributed by atoms with Gasteiger partial charge in [0.15, 0.2) is 11.8 Å². The van der Waals surface area contributed by atoms with Crippen LogP contribution in [0.3, 0.4) is 0 Å². The molecule has 0 aliphatic rings. The Bertz CT molecular complexity index is 772. The predicted octanol–water partition coefficient (Wildman–Crippen LogP) is 3.64. The van der Waals surface area contributed by atoms with Crippen LogP contribution in [0.2, 0.25) is 5.02 Å². The second-order valence-corrected chi connectivity index (χ2v) is 7.50. The van der Waals surface area contributed by atoms with Gasteiger partial charge in [-0.05, 0) is 24.7 Å². The van der Waals surface area contributed by atoms with Crippen molar-refractivity contribution in [2.24, 2.45) is 4.99 Å². The van der Waals surface area contributed by atoms with E-state index in [1.165, 1.54) is 0 Å².